The Morgan fingerprint density at radius 1 is 1.38 bits per heavy atom. The number of rotatable bonds is 5. The first-order valence-electron chi connectivity index (χ1n) is 7.78. The summed E-state index contributed by atoms with van der Waals surface area (Å²) >= 11 is 0. The lowest BCUT2D eigenvalue weighted by Crippen LogP contribution is -2.49. The Morgan fingerprint density at radius 2 is 2.17 bits per heavy atom. The predicted octanol–water partition coefficient (Wildman–Crippen LogP) is 1.11. The average molecular weight is 332 g/mol. The Hall–Kier alpha value is -2.52. The number of carboxylic acid groups (broad SMARTS) is 1. The van der Waals surface area contributed by atoms with E-state index in [4.69, 9.17) is 4.84 Å². The summed E-state index contributed by atoms with van der Waals surface area (Å²) in [6.45, 7) is 0.743. The quantitative estimate of drug-likeness (QED) is 0.790. The minimum absolute atomic E-state index is 0.0715. The van der Waals surface area contributed by atoms with Crippen molar-refractivity contribution >= 4 is 6.09 Å². The topological polar surface area (TPSA) is 105 Å². The molecule has 1 saturated heterocycles. The molecule has 1 amide bonds. The van der Waals surface area contributed by atoms with Crippen LogP contribution >= 0.6 is 0 Å². The zero-order valence-electron chi connectivity index (χ0n) is 13.4. The van der Waals surface area contributed by atoms with Crippen LogP contribution in [-0.2, 0) is 18.5 Å². The number of nitrogens with one attached hydrogen (secondary N) is 1. The summed E-state index contributed by atoms with van der Waals surface area (Å²) in [6, 6.07) is 9.35. The highest BCUT2D eigenvalue weighted by atomic mass is 16.6. The maximum atomic E-state index is 11.6. The third-order valence-corrected chi connectivity index (χ3v) is 3.98. The summed E-state index contributed by atoms with van der Waals surface area (Å²) in [5.41, 5.74) is 4.02. The van der Waals surface area contributed by atoms with Crippen molar-refractivity contribution < 1.29 is 14.7 Å². The van der Waals surface area contributed by atoms with Crippen molar-refractivity contribution in [1.82, 2.24) is 30.6 Å². The number of amides is 1. The minimum atomic E-state index is -0.998. The lowest BCUT2D eigenvalue weighted by molar-refractivity contribution is -0.0215. The molecular formula is C15H20N6O3. The Labute approximate surface area is 139 Å². The molecule has 0 radical (unpaired) electrons. The van der Waals surface area contributed by atoms with Gasteiger partial charge in [0.05, 0.1) is 25.7 Å². The molecule has 2 N–H and O–H groups in total. The van der Waals surface area contributed by atoms with E-state index < -0.39 is 6.09 Å². The van der Waals surface area contributed by atoms with E-state index in [2.05, 4.69) is 20.9 Å². The highest BCUT2D eigenvalue weighted by Crippen LogP contribution is 2.28. The van der Waals surface area contributed by atoms with Gasteiger partial charge < -0.3 is 5.11 Å². The fourth-order valence-electron chi connectivity index (χ4n) is 2.80. The van der Waals surface area contributed by atoms with E-state index in [-0.39, 0.29) is 12.1 Å². The Morgan fingerprint density at radius 3 is 2.83 bits per heavy atom. The molecule has 0 saturated carbocycles. The van der Waals surface area contributed by atoms with Crippen LogP contribution in [0.2, 0.25) is 0 Å². The third-order valence-electron chi connectivity index (χ3n) is 3.98. The van der Waals surface area contributed by atoms with E-state index in [1.54, 1.807) is 7.05 Å². The van der Waals surface area contributed by atoms with E-state index >= 15 is 0 Å². The van der Waals surface area contributed by atoms with Gasteiger partial charge in [-0.2, -0.15) is 10.3 Å². The summed E-state index contributed by atoms with van der Waals surface area (Å²) in [5, 5.41) is 21.3. The molecule has 1 fully saturated rings. The molecule has 0 bridgehead atoms. The molecular weight excluding hydrogens is 312 g/mol. The maximum absolute atomic E-state index is 11.6. The highest BCUT2D eigenvalue weighted by molar-refractivity contribution is 5.65. The number of hydrogen-bond acceptors (Lipinski definition) is 6. The molecule has 1 aliphatic rings. The maximum Gasteiger partial charge on any atom is 0.407 e. The number of hydrogen-bond donors (Lipinski definition) is 2. The summed E-state index contributed by atoms with van der Waals surface area (Å²) in [7, 11) is 1.66. The molecule has 3 rings (SSSR count). The van der Waals surface area contributed by atoms with E-state index in [9.17, 15) is 9.90 Å². The van der Waals surface area contributed by atoms with Gasteiger partial charge in [0.15, 0.2) is 5.82 Å². The van der Waals surface area contributed by atoms with Gasteiger partial charge >= 0.3 is 6.09 Å². The second-order valence-electron chi connectivity index (χ2n) is 5.75. The van der Waals surface area contributed by atoms with Crippen LogP contribution in [0.4, 0.5) is 4.79 Å². The molecule has 2 aromatic rings. The summed E-state index contributed by atoms with van der Waals surface area (Å²) in [5.74, 6) is 0.434. The van der Waals surface area contributed by atoms with Crippen molar-refractivity contribution in [2.45, 2.75) is 31.5 Å². The van der Waals surface area contributed by atoms with Crippen molar-refractivity contribution in [2.24, 2.45) is 7.05 Å². The van der Waals surface area contributed by atoms with Gasteiger partial charge in [0.2, 0.25) is 0 Å². The average Bonchev–Trinajstić information content (AvgIpc) is 3.02. The molecule has 1 aliphatic heterocycles. The van der Waals surface area contributed by atoms with Crippen LogP contribution < -0.4 is 5.48 Å². The van der Waals surface area contributed by atoms with Crippen molar-refractivity contribution in [3.8, 4) is 0 Å². The van der Waals surface area contributed by atoms with Crippen molar-refractivity contribution in [3.63, 3.8) is 0 Å². The van der Waals surface area contributed by atoms with Gasteiger partial charge in [-0.25, -0.2) is 4.79 Å². The van der Waals surface area contributed by atoms with Gasteiger partial charge in [0.1, 0.15) is 0 Å². The molecule has 128 valence electrons. The van der Waals surface area contributed by atoms with Crippen LogP contribution in [0.1, 0.15) is 30.3 Å². The molecule has 24 heavy (non-hydrogen) atoms. The second-order valence-corrected chi connectivity index (χ2v) is 5.75. The molecule has 0 aliphatic carbocycles. The van der Waals surface area contributed by atoms with Gasteiger partial charge in [-0.15, -0.1) is 10.2 Å². The number of benzene rings is 1. The van der Waals surface area contributed by atoms with E-state index in [0.29, 0.717) is 25.4 Å². The zero-order chi connectivity index (χ0) is 16.9. The molecule has 0 spiro atoms. The molecule has 9 nitrogen and oxygen atoms in total. The van der Waals surface area contributed by atoms with Gasteiger partial charge in [0, 0.05) is 6.54 Å². The fraction of sp³-hybridized carbons (Fsp3) is 0.467. The normalized spacial score (nSPS) is 21.0. The number of piperidine rings is 1. The van der Waals surface area contributed by atoms with E-state index in [1.165, 1.54) is 9.70 Å². The van der Waals surface area contributed by atoms with Gasteiger partial charge in [-0.3, -0.25) is 9.74 Å². The Bertz CT molecular complexity index is 677. The largest absolute Gasteiger partial charge is 0.465 e. The molecule has 2 unspecified atom stereocenters. The van der Waals surface area contributed by atoms with Crippen LogP contribution in [0.15, 0.2) is 30.3 Å². The number of aryl methyl sites for hydroxylation is 1. The Balaban J connectivity index is 1.56. The van der Waals surface area contributed by atoms with Crippen LogP contribution in [0, 0.1) is 0 Å². The molecule has 2 atom stereocenters. The number of hydroxylamine groups is 1. The molecule has 1 aromatic heterocycles. The lowest BCUT2D eigenvalue weighted by atomic mass is 9.99. The second kappa shape index (κ2) is 7.37. The minimum Gasteiger partial charge on any atom is -0.465 e. The lowest BCUT2D eigenvalue weighted by Gasteiger charge is -2.36. The number of carbonyl (C=O) groups is 1. The highest BCUT2D eigenvalue weighted by Gasteiger charge is 2.35. The summed E-state index contributed by atoms with van der Waals surface area (Å²) in [4.78, 5) is 19.7. The summed E-state index contributed by atoms with van der Waals surface area (Å²) < 4.78 is 0. The first kappa shape index (κ1) is 16.3. The van der Waals surface area contributed by atoms with Gasteiger partial charge in [-0.1, -0.05) is 30.3 Å². The predicted molar refractivity (Wildman–Crippen MR) is 83.7 cm³/mol. The number of nitrogens with zero attached hydrogens (tertiary/aromatic N) is 5. The van der Waals surface area contributed by atoms with Crippen LogP contribution in [-0.4, -0.2) is 48.9 Å². The zero-order valence-corrected chi connectivity index (χ0v) is 13.4. The number of aromatic nitrogens is 4. The van der Waals surface area contributed by atoms with Crippen LogP contribution in [0.25, 0.3) is 0 Å². The van der Waals surface area contributed by atoms with E-state index in [1.807, 2.05) is 30.3 Å². The van der Waals surface area contributed by atoms with Crippen molar-refractivity contribution in [3.05, 3.63) is 41.7 Å². The van der Waals surface area contributed by atoms with Crippen molar-refractivity contribution in [2.75, 3.05) is 6.54 Å². The van der Waals surface area contributed by atoms with Crippen molar-refractivity contribution in [1.29, 1.82) is 0 Å². The van der Waals surface area contributed by atoms with E-state index in [0.717, 1.165) is 12.0 Å². The first-order chi connectivity index (χ1) is 11.6. The van der Waals surface area contributed by atoms with Gasteiger partial charge in [0.25, 0.3) is 0 Å². The van der Waals surface area contributed by atoms with Gasteiger partial charge in [-0.05, 0) is 23.6 Å². The SMILES string of the molecule is Cn1nnc(C2CCC(NOCc3ccccc3)CN2C(=O)O)n1. The molecule has 2 heterocycles. The monoisotopic (exact) mass is 332 g/mol. The molecule has 9 heteroatoms. The van der Waals surface area contributed by atoms with Crippen LogP contribution in [0.5, 0.6) is 0 Å². The number of likely N-dealkylation sites (tertiary alicyclic amines) is 1. The third kappa shape index (κ3) is 3.87. The Kier molecular flexibility index (Phi) is 5.02. The summed E-state index contributed by atoms with van der Waals surface area (Å²) in [6.07, 6.45) is 0.383. The number of tetrazole rings is 1. The molecule has 1 aromatic carbocycles. The van der Waals surface area contributed by atoms with Crippen LogP contribution in [0.3, 0.4) is 0 Å². The first-order valence-corrected chi connectivity index (χ1v) is 7.78. The fourth-order valence-corrected chi connectivity index (χ4v) is 2.80. The smallest absolute Gasteiger partial charge is 0.407 e. The standard InChI is InChI=1S/C15H20N6O3/c1-20-17-14(16-19-20)13-8-7-12(9-21(13)15(22)23)18-24-10-11-5-3-2-4-6-11/h2-6,12-13,18H,7-10H2,1H3,(H,22,23).